The summed E-state index contributed by atoms with van der Waals surface area (Å²) in [7, 11) is 0. The maximum absolute atomic E-state index is 12.1. The second-order valence-corrected chi connectivity index (χ2v) is 8.34. The zero-order valence-corrected chi connectivity index (χ0v) is 19.8. The van der Waals surface area contributed by atoms with Crippen molar-refractivity contribution in [2.75, 3.05) is 19.8 Å². The molecule has 1 heterocycles. The number of carbonyl (C=O) groups is 1. The highest BCUT2D eigenvalue weighted by Crippen LogP contribution is 2.20. The number of hydrogen-bond acceptors (Lipinski definition) is 4. The van der Waals surface area contributed by atoms with Gasteiger partial charge in [0.15, 0.2) is 6.61 Å². The van der Waals surface area contributed by atoms with Crippen LogP contribution in [0.2, 0.25) is 0 Å². The van der Waals surface area contributed by atoms with Crippen LogP contribution >= 0.6 is 0 Å². The van der Waals surface area contributed by atoms with E-state index in [0.29, 0.717) is 25.4 Å². The summed E-state index contributed by atoms with van der Waals surface area (Å²) in [5, 5.41) is 2.93. The van der Waals surface area contributed by atoms with Gasteiger partial charge in [0.25, 0.3) is 5.91 Å². The highest BCUT2D eigenvalue weighted by molar-refractivity contribution is 5.77. The molecule has 0 spiro atoms. The second kappa shape index (κ2) is 11.4. The molecule has 1 aromatic heterocycles. The van der Waals surface area contributed by atoms with E-state index in [1.165, 1.54) is 5.56 Å². The molecule has 0 aliphatic rings. The number of benzene rings is 3. The van der Waals surface area contributed by atoms with E-state index in [1.54, 1.807) is 0 Å². The molecule has 0 bridgehead atoms. The van der Waals surface area contributed by atoms with Gasteiger partial charge < -0.3 is 19.4 Å². The first-order valence-electron chi connectivity index (χ1n) is 11.7. The van der Waals surface area contributed by atoms with Gasteiger partial charge in [-0.05, 0) is 56.2 Å². The van der Waals surface area contributed by atoms with Crippen LogP contribution in [-0.2, 0) is 17.8 Å². The predicted molar refractivity (Wildman–Crippen MR) is 134 cm³/mol. The number of aromatic nitrogens is 2. The van der Waals surface area contributed by atoms with Gasteiger partial charge in [0, 0.05) is 13.0 Å². The van der Waals surface area contributed by atoms with Crippen molar-refractivity contribution in [3.8, 4) is 11.5 Å². The summed E-state index contributed by atoms with van der Waals surface area (Å²) < 4.78 is 13.8. The maximum atomic E-state index is 12.1. The molecule has 0 unspecified atom stereocenters. The van der Waals surface area contributed by atoms with Crippen molar-refractivity contribution < 1.29 is 14.3 Å². The number of imidazole rings is 1. The lowest BCUT2D eigenvalue weighted by Gasteiger charge is -2.13. The van der Waals surface area contributed by atoms with E-state index in [1.807, 2.05) is 54.6 Å². The number of aryl methyl sites for hydroxylation is 3. The average Bonchev–Trinajstić information content (AvgIpc) is 3.20. The van der Waals surface area contributed by atoms with E-state index in [9.17, 15) is 4.79 Å². The topological polar surface area (TPSA) is 65.4 Å². The zero-order valence-electron chi connectivity index (χ0n) is 19.8. The third-order valence-electron chi connectivity index (χ3n) is 5.65. The fraction of sp³-hybridized carbons (Fsp3) is 0.286. The summed E-state index contributed by atoms with van der Waals surface area (Å²) >= 11 is 0. The Bertz CT molecular complexity index is 1230. The first kappa shape index (κ1) is 23.4. The summed E-state index contributed by atoms with van der Waals surface area (Å²) in [6.07, 6.45) is 1.55. The maximum Gasteiger partial charge on any atom is 0.257 e. The number of para-hydroxylation sites is 3. The number of carbonyl (C=O) groups excluding carboxylic acids is 1. The molecule has 34 heavy (non-hydrogen) atoms. The number of amides is 1. The Morgan fingerprint density at radius 1 is 0.971 bits per heavy atom. The van der Waals surface area contributed by atoms with Gasteiger partial charge in [0.1, 0.15) is 23.9 Å². The third kappa shape index (κ3) is 6.16. The monoisotopic (exact) mass is 457 g/mol. The van der Waals surface area contributed by atoms with Gasteiger partial charge in [-0.2, -0.15) is 0 Å². The highest BCUT2D eigenvalue weighted by atomic mass is 16.5. The number of rotatable bonds is 11. The van der Waals surface area contributed by atoms with Crippen LogP contribution < -0.4 is 14.8 Å². The van der Waals surface area contributed by atoms with E-state index in [2.05, 4.69) is 41.9 Å². The molecule has 176 valence electrons. The fourth-order valence-electron chi connectivity index (χ4n) is 3.96. The number of nitrogens with zero attached hydrogens (tertiary/aromatic N) is 2. The summed E-state index contributed by atoms with van der Waals surface area (Å²) in [5.41, 5.74) is 4.44. The lowest BCUT2D eigenvalue weighted by Crippen LogP contribution is -2.30. The summed E-state index contributed by atoms with van der Waals surface area (Å²) in [5.74, 6) is 2.48. The van der Waals surface area contributed by atoms with Crippen LogP contribution in [-0.4, -0.2) is 35.2 Å². The molecule has 0 atom stereocenters. The molecule has 3 aromatic carbocycles. The second-order valence-electron chi connectivity index (χ2n) is 8.34. The lowest BCUT2D eigenvalue weighted by molar-refractivity contribution is -0.123. The molecule has 4 aromatic rings. The smallest absolute Gasteiger partial charge is 0.257 e. The summed E-state index contributed by atoms with van der Waals surface area (Å²) in [6, 6.07) is 23.7. The normalized spacial score (nSPS) is 10.9. The lowest BCUT2D eigenvalue weighted by atomic mass is 10.1. The molecule has 1 amide bonds. The Kier molecular flexibility index (Phi) is 7.81. The Morgan fingerprint density at radius 3 is 2.59 bits per heavy atom. The van der Waals surface area contributed by atoms with Gasteiger partial charge in [-0.25, -0.2) is 4.98 Å². The number of hydrogen-bond donors (Lipinski definition) is 1. The van der Waals surface area contributed by atoms with Gasteiger partial charge in [-0.1, -0.05) is 48.0 Å². The van der Waals surface area contributed by atoms with Crippen LogP contribution in [0.5, 0.6) is 11.5 Å². The number of nitrogens with one attached hydrogen (secondary N) is 1. The third-order valence-corrected chi connectivity index (χ3v) is 5.65. The Hall–Kier alpha value is -3.80. The van der Waals surface area contributed by atoms with Crippen molar-refractivity contribution >= 4 is 16.9 Å². The minimum atomic E-state index is -0.126. The van der Waals surface area contributed by atoms with Crippen LogP contribution in [0.3, 0.4) is 0 Å². The van der Waals surface area contributed by atoms with E-state index in [-0.39, 0.29) is 12.5 Å². The first-order chi connectivity index (χ1) is 16.6. The largest absolute Gasteiger partial charge is 0.491 e. The Labute approximate surface area is 200 Å². The van der Waals surface area contributed by atoms with Gasteiger partial charge in [-0.15, -0.1) is 0 Å². The van der Waals surface area contributed by atoms with Crippen LogP contribution in [0, 0.1) is 13.8 Å². The minimum Gasteiger partial charge on any atom is -0.491 e. The van der Waals surface area contributed by atoms with Crippen molar-refractivity contribution in [1.29, 1.82) is 0 Å². The van der Waals surface area contributed by atoms with E-state index in [0.717, 1.165) is 41.0 Å². The molecule has 6 heteroatoms. The SMILES string of the molecule is Cc1ccc(OCCn2c(CCCNC(=O)COc3ccccc3)nc3ccccc32)c(C)c1. The quantitative estimate of drug-likeness (QED) is 0.327. The van der Waals surface area contributed by atoms with Crippen LogP contribution in [0.15, 0.2) is 72.8 Å². The molecular formula is C28H31N3O3. The molecule has 0 radical (unpaired) electrons. The predicted octanol–water partition coefficient (Wildman–Crippen LogP) is 4.86. The molecular weight excluding hydrogens is 426 g/mol. The average molecular weight is 458 g/mol. The molecule has 0 saturated carbocycles. The molecule has 0 saturated heterocycles. The zero-order chi connectivity index (χ0) is 23.8. The molecule has 0 aliphatic carbocycles. The Morgan fingerprint density at radius 2 is 1.76 bits per heavy atom. The minimum absolute atomic E-state index is 0.0122. The standard InChI is InChI=1S/C28H31N3O3/c1-21-14-15-26(22(2)19-21)33-18-17-31-25-12-7-6-11-24(25)30-27(31)13-8-16-29-28(32)20-34-23-9-4-3-5-10-23/h3-7,9-12,14-15,19H,8,13,16-18,20H2,1-2H3,(H,29,32). The van der Waals surface area contributed by atoms with Crippen LogP contribution in [0.1, 0.15) is 23.4 Å². The first-order valence-corrected chi connectivity index (χ1v) is 11.7. The van der Waals surface area contributed by atoms with Crippen molar-refractivity contribution in [2.24, 2.45) is 0 Å². The summed E-state index contributed by atoms with van der Waals surface area (Å²) in [6.45, 7) is 6.00. The molecule has 6 nitrogen and oxygen atoms in total. The van der Waals surface area contributed by atoms with E-state index >= 15 is 0 Å². The molecule has 0 aliphatic heterocycles. The van der Waals surface area contributed by atoms with Crippen molar-refractivity contribution in [2.45, 2.75) is 33.2 Å². The van der Waals surface area contributed by atoms with Crippen molar-refractivity contribution in [1.82, 2.24) is 14.9 Å². The van der Waals surface area contributed by atoms with Crippen LogP contribution in [0.25, 0.3) is 11.0 Å². The van der Waals surface area contributed by atoms with E-state index < -0.39 is 0 Å². The number of ether oxygens (including phenoxy) is 2. The highest BCUT2D eigenvalue weighted by Gasteiger charge is 2.11. The number of fused-ring (bicyclic) bond motifs is 1. The van der Waals surface area contributed by atoms with Gasteiger partial charge in [-0.3, -0.25) is 4.79 Å². The van der Waals surface area contributed by atoms with Crippen molar-refractivity contribution in [3.05, 3.63) is 89.7 Å². The van der Waals surface area contributed by atoms with Crippen molar-refractivity contribution in [3.63, 3.8) is 0 Å². The molecule has 4 rings (SSSR count). The molecule has 1 N–H and O–H groups in total. The van der Waals surface area contributed by atoms with Gasteiger partial charge in [0.2, 0.25) is 0 Å². The van der Waals surface area contributed by atoms with E-state index in [4.69, 9.17) is 14.5 Å². The fourth-order valence-corrected chi connectivity index (χ4v) is 3.96. The van der Waals surface area contributed by atoms with Gasteiger partial charge in [0.05, 0.1) is 17.6 Å². The molecule has 0 fully saturated rings. The van der Waals surface area contributed by atoms with Crippen LogP contribution in [0.4, 0.5) is 0 Å². The van der Waals surface area contributed by atoms with Gasteiger partial charge >= 0.3 is 0 Å². The Balaban J connectivity index is 1.30. The summed E-state index contributed by atoms with van der Waals surface area (Å²) in [4.78, 5) is 16.9.